The normalized spacial score (nSPS) is 10.8. The lowest BCUT2D eigenvalue weighted by Gasteiger charge is -2.10. The van der Waals surface area contributed by atoms with Gasteiger partial charge in [-0.25, -0.2) is 14.2 Å². The first-order valence-corrected chi connectivity index (χ1v) is 7.98. The van der Waals surface area contributed by atoms with Gasteiger partial charge >= 0.3 is 5.97 Å². The molecule has 8 nitrogen and oxygen atoms in total. The highest BCUT2D eigenvalue weighted by atomic mass is 19.1. The molecule has 27 heavy (non-hydrogen) atoms. The molecule has 0 aliphatic heterocycles. The van der Waals surface area contributed by atoms with E-state index in [1.54, 1.807) is 13.8 Å². The van der Waals surface area contributed by atoms with E-state index in [1.807, 2.05) is 0 Å². The van der Waals surface area contributed by atoms with Crippen molar-refractivity contribution < 1.29 is 18.8 Å². The van der Waals surface area contributed by atoms with E-state index in [1.165, 1.54) is 30.3 Å². The molecule has 1 N–H and O–H groups in total. The summed E-state index contributed by atoms with van der Waals surface area (Å²) in [6.45, 7) is 3.37. The Labute approximate surface area is 151 Å². The third-order valence-electron chi connectivity index (χ3n) is 4.00. The maximum atomic E-state index is 15.1. The van der Waals surface area contributed by atoms with Crippen molar-refractivity contribution in [1.82, 2.24) is 9.97 Å². The number of hydrogen-bond donors (Lipinski definition) is 1. The van der Waals surface area contributed by atoms with Crippen LogP contribution in [0, 0.1) is 22.9 Å². The van der Waals surface area contributed by atoms with E-state index in [4.69, 9.17) is 4.74 Å². The van der Waals surface area contributed by atoms with Crippen molar-refractivity contribution in [3.63, 3.8) is 0 Å². The van der Waals surface area contributed by atoms with Gasteiger partial charge in [-0.3, -0.25) is 14.9 Å². The van der Waals surface area contributed by atoms with Gasteiger partial charge in [0, 0.05) is 17.7 Å². The number of H-pyrrole nitrogens is 1. The third-order valence-corrected chi connectivity index (χ3v) is 4.00. The fourth-order valence-corrected chi connectivity index (χ4v) is 2.71. The molecule has 1 aromatic heterocycles. The van der Waals surface area contributed by atoms with Gasteiger partial charge < -0.3 is 9.72 Å². The third kappa shape index (κ3) is 3.26. The Kier molecular flexibility index (Phi) is 4.68. The van der Waals surface area contributed by atoms with Crippen molar-refractivity contribution in [2.45, 2.75) is 13.8 Å². The zero-order valence-corrected chi connectivity index (χ0v) is 14.4. The highest BCUT2D eigenvalue weighted by Crippen LogP contribution is 2.31. The van der Waals surface area contributed by atoms with Crippen molar-refractivity contribution >= 4 is 22.6 Å². The number of nitro benzene ring substituents is 1. The number of halogens is 1. The number of nitrogens with zero attached hydrogens (tertiary/aromatic N) is 2. The fraction of sp³-hybridized carbons (Fsp3) is 0.167. The highest BCUT2D eigenvalue weighted by Gasteiger charge is 2.19. The Balaban J connectivity index is 2.22. The maximum Gasteiger partial charge on any atom is 0.374 e. The number of aromatic nitrogens is 2. The van der Waals surface area contributed by atoms with Crippen molar-refractivity contribution in [3.05, 3.63) is 68.0 Å². The van der Waals surface area contributed by atoms with E-state index in [2.05, 4.69) is 9.97 Å². The van der Waals surface area contributed by atoms with Crippen LogP contribution in [0.2, 0.25) is 0 Å². The molecule has 0 amide bonds. The first kappa shape index (κ1) is 18.2. The Hall–Kier alpha value is -3.62. The van der Waals surface area contributed by atoms with Crippen LogP contribution in [0.4, 0.5) is 10.1 Å². The molecule has 3 rings (SSSR count). The molecule has 3 aromatic rings. The number of carbonyl (C=O) groups is 1. The maximum absolute atomic E-state index is 15.1. The van der Waals surface area contributed by atoms with E-state index in [0.717, 1.165) is 0 Å². The second kappa shape index (κ2) is 6.94. The summed E-state index contributed by atoms with van der Waals surface area (Å²) in [7, 11) is 0. The van der Waals surface area contributed by atoms with Gasteiger partial charge in [0.2, 0.25) is 5.82 Å². The van der Waals surface area contributed by atoms with Crippen LogP contribution in [0.3, 0.4) is 0 Å². The molecule has 0 atom stereocenters. The Bertz CT molecular complexity index is 1140. The van der Waals surface area contributed by atoms with Gasteiger partial charge in [-0.1, -0.05) is 6.07 Å². The number of nitro groups is 1. The molecule has 0 aliphatic rings. The molecule has 0 unspecified atom stereocenters. The molecule has 9 heteroatoms. The van der Waals surface area contributed by atoms with Crippen LogP contribution in [0.25, 0.3) is 22.0 Å². The summed E-state index contributed by atoms with van der Waals surface area (Å²) in [4.78, 5) is 40.6. The van der Waals surface area contributed by atoms with Gasteiger partial charge in [0.25, 0.3) is 11.2 Å². The molecule has 0 fully saturated rings. The number of esters is 1. The van der Waals surface area contributed by atoms with Crippen LogP contribution in [0.5, 0.6) is 0 Å². The number of rotatable bonds is 4. The molecule has 0 bridgehead atoms. The van der Waals surface area contributed by atoms with Gasteiger partial charge in [-0.15, -0.1) is 0 Å². The molecule has 0 spiro atoms. The van der Waals surface area contributed by atoms with Crippen LogP contribution in [-0.4, -0.2) is 27.5 Å². The van der Waals surface area contributed by atoms with Crippen LogP contribution >= 0.6 is 0 Å². The van der Waals surface area contributed by atoms with Gasteiger partial charge in [-0.05, 0) is 37.1 Å². The molecule has 0 saturated heterocycles. The van der Waals surface area contributed by atoms with Crippen molar-refractivity contribution in [2.24, 2.45) is 0 Å². The molecule has 0 radical (unpaired) electrons. The van der Waals surface area contributed by atoms with Crippen molar-refractivity contribution in [1.29, 1.82) is 0 Å². The number of nitrogens with one attached hydrogen (secondary N) is 1. The first-order chi connectivity index (χ1) is 12.8. The number of benzene rings is 2. The number of fused-ring (bicyclic) bond motifs is 1. The molecule has 0 aliphatic carbocycles. The van der Waals surface area contributed by atoms with Gasteiger partial charge in [-0.2, -0.15) is 0 Å². The lowest BCUT2D eigenvalue weighted by Crippen LogP contribution is -2.18. The van der Waals surface area contributed by atoms with Crippen LogP contribution < -0.4 is 5.56 Å². The molecular weight excluding hydrogens is 357 g/mol. The minimum Gasteiger partial charge on any atom is -0.460 e. The van der Waals surface area contributed by atoms with Crippen LogP contribution in [-0.2, 0) is 4.74 Å². The Morgan fingerprint density at radius 1 is 1.30 bits per heavy atom. The average Bonchev–Trinajstić information content (AvgIpc) is 2.62. The van der Waals surface area contributed by atoms with E-state index in [9.17, 15) is 19.7 Å². The summed E-state index contributed by atoms with van der Waals surface area (Å²) in [5, 5.41) is 10.7. The van der Waals surface area contributed by atoms with Crippen LogP contribution in [0.1, 0.15) is 23.1 Å². The first-order valence-electron chi connectivity index (χ1n) is 7.98. The zero-order valence-electron chi connectivity index (χ0n) is 14.4. The quantitative estimate of drug-likeness (QED) is 0.428. The minimum absolute atomic E-state index is 0.0221. The number of aromatic amines is 1. The smallest absolute Gasteiger partial charge is 0.374 e. The number of carbonyl (C=O) groups excluding carboxylic acids is 1. The van der Waals surface area contributed by atoms with Crippen molar-refractivity contribution in [3.8, 4) is 11.1 Å². The topological polar surface area (TPSA) is 115 Å². The summed E-state index contributed by atoms with van der Waals surface area (Å²) in [5.74, 6) is -2.02. The van der Waals surface area contributed by atoms with Gasteiger partial charge in [0.05, 0.1) is 17.0 Å². The van der Waals surface area contributed by atoms with Crippen LogP contribution in [0.15, 0.2) is 35.1 Å². The predicted octanol–water partition coefficient (Wildman–Crippen LogP) is 3.12. The molecule has 0 saturated carbocycles. The Morgan fingerprint density at radius 3 is 2.70 bits per heavy atom. The second-order valence-electron chi connectivity index (χ2n) is 5.71. The van der Waals surface area contributed by atoms with E-state index >= 15 is 4.39 Å². The summed E-state index contributed by atoms with van der Waals surface area (Å²) in [5.41, 5.74) is -0.139. The molecule has 1 heterocycles. The van der Waals surface area contributed by atoms with E-state index < -0.39 is 22.3 Å². The summed E-state index contributed by atoms with van der Waals surface area (Å²) in [6.07, 6.45) is 0. The number of ether oxygens (including phenoxy) is 1. The standard InChI is InChI=1S/C18H14FN3O5/c1-3-27-18(24)16-20-13-7-6-11(15(19)14(13)17(23)21-16)12-8-10(22(25)26)5-4-9(12)2/h4-8H,3H2,1-2H3,(H,20,21,23). The fourth-order valence-electron chi connectivity index (χ4n) is 2.71. The zero-order chi connectivity index (χ0) is 19.7. The molecule has 138 valence electrons. The predicted molar refractivity (Wildman–Crippen MR) is 95.1 cm³/mol. The monoisotopic (exact) mass is 371 g/mol. The average molecular weight is 371 g/mol. The van der Waals surface area contributed by atoms with E-state index in [-0.39, 0.29) is 40.1 Å². The molecule has 2 aromatic carbocycles. The minimum atomic E-state index is -0.875. The summed E-state index contributed by atoms with van der Waals surface area (Å²) >= 11 is 0. The van der Waals surface area contributed by atoms with Gasteiger partial charge in [0.15, 0.2) is 0 Å². The lowest BCUT2D eigenvalue weighted by atomic mass is 9.98. The number of aryl methyl sites for hydroxylation is 1. The van der Waals surface area contributed by atoms with Crippen molar-refractivity contribution in [2.75, 3.05) is 6.61 Å². The largest absolute Gasteiger partial charge is 0.460 e. The second-order valence-corrected chi connectivity index (χ2v) is 5.71. The lowest BCUT2D eigenvalue weighted by molar-refractivity contribution is -0.384. The number of non-ortho nitro benzene ring substituents is 1. The summed E-state index contributed by atoms with van der Waals surface area (Å²) in [6, 6.07) is 6.81. The van der Waals surface area contributed by atoms with Gasteiger partial charge in [0.1, 0.15) is 11.2 Å². The Morgan fingerprint density at radius 2 is 2.04 bits per heavy atom. The highest BCUT2D eigenvalue weighted by molar-refractivity contribution is 5.90. The van der Waals surface area contributed by atoms with E-state index in [0.29, 0.717) is 5.56 Å². The molecular formula is C18H14FN3O5. The number of hydrogen-bond acceptors (Lipinski definition) is 6. The SMILES string of the molecule is CCOC(=O)c1nc2ccc(-c3cc([N+](=O)[O-])ccc3C)c(F)c2c(=O)[nH]1. The summed E-state index contributed by atoms with van der Waals surface area (Å²) < 4.78 is 19.8.